The normalized spacial score (nSPS) is 14.9. The predicted octanol–water partition coefficient (Wildman–Crippen LogP) is 0.788. The van der Waals surface area contributed by atoms with E-state index in [1.165, 1.54) is 0 Å². The number of nitrogens with one attached hydrogen (secondary N) is 3. The number of benzene rings is 2. The summed E-state index contributed by atoms with van der Waals surface area (Å²) >= 11 is 0. The third-order valence-corrected chi connectivity index (χ3v) is 4.06. The van der Waals surface area contributed by atoms with Crippen LogP contribution in [-0.4, -0.2) is 43.0 Å². The van der Waals surface area contributed by atoms with Crippen molar-refractivity contribution < 1.29 is 14.7 Å². The molecule has 1 fully saturated rings. The van der Waals surface area contributed by atoms with Crippen molar-refractivity contribution in [3.8, 4) is 0 Å². The molecule has 0 bridgehead atoms. The second kappa shape index (κ2) is 7.78. The molecule has 0 aliphatic carbocycles. The average Bonchev–Trinajstić information content (AvgIpc) is 3.07. The van der Waals surface area contributed by atoms with Crippen molar-refractivity contribution in [3.63, 3.8) is 0 Å². The van der Waals surface area contributed by atoms with E-state index in [-0.39, 0.29) is 17.0 Å². The lowest BCUT2D eigenvalue weighted by Gasteiger charge is -2.21. The zero-order valence-electron chi connectivity index (χ0n) is 13.7. The van der Waals surface area contributed by atoms with Gasteiger partial charge in [0, 0.05) is 43.9 Å². The summed E-state index contributed by atoms with van der Waals surface area (Å²) in [5.41, 5.74) is 1.63. The fraction of sp³-hybridized carbons (Fsp3) is 0.222. The van der Waals surface area contributed by atoms with Crippen molar-refractivity contribution in [2.75, 3.05) is 26.2 Å². The van der Waals surface area contributed by atoms with Crippen LogP contribution >= 0.6 is 0 Å². The van der Waals surface area contributed by atoms with E-state index >= 15 is 0 Å². The van der Waals surface area contributed by atoms with Gasteiger partial charge in [0.25, 0.3) is 5.91 Å². The number of quaternary nitrogens is 1. The maximum Gasteiger partial charge on any atom is 0.317 e. The van der Waals surface area contributed by atoms with Crippen molar-refractivity contribution in [2.45, 2.75) is 0 Å². The lowest BCUT2D eigenvalue weighted by Crippen LogP contribution is -2.96. The Bertz CT molecular complexity index is 734. The summed E-state index contributed by atoms with van der Waals surface area (Å²) in [6.07, 6.45) is 0. The highest BCUT2D eigenvalue weighted by atomic mass is 16.5. The van der Waals surface area contributed by atoms with E-state index in [1.807, 2.05) is 18.2 Å². The molecule has 130 valence electrons. The van der Waals surface area contributed by atoms with Crippen LogP contribution in [0.3, 0.4) is 0 Å². The van der Waals surface area contributed by atoms with Gasteiger partial charge < -0.3 is 25.8 Å². The molecule has 0 aromatic heterocycles. The van der Waals surface area contributed by atoms with Crippen molar-refractivity contribution in [1.82, 2.24) is 15.5 Å². The molecule has 2 aromatic carbocycles. The molecule has 7 nitrogen and oxygen atoms in total. The molecule has 0 saturated carbocycles. The SMILES string of the molecule is O=C(NCCN1CCNC1=O)c1ccc([NH+]([O-])c2ccccc2)cc1. The van der Waals surface area contributed by atoms with E-state index in [2.05, 4.69) is 10.6 Å². The van der Waals surface area contributed by atoms with Crippen LogP contribution < -0.4 is 15.7 Å². The summed E-state index contributed by atoms with van der Waals surface area (Å²) in [6, 6.07) is 15.5. The fourth-order valence-electron chi connectivity index (χ4n) is 2.66. The molecule has 3 rings (SSSR count). The quantitative estimate of drug-likeness (QED) is 0.679. The molecule has 3 N–H and O–H groups in total. The predicted molar refractivity (Wildman–Crippen MR) is 93.8 cm³/mol. The standard InChI is InChI=1S/C18H20N4O3/c23-17(19-10-12-21-13-11-20-18(21)24)14-6-8-16(9-7-14)22(25)15-4-2-1-3-5-15/h1-9,22H,10-13H2,(H,19,23)(H,20,24). The highest BCUT2D eigenvalue weighted by molar-refractivity contribution is 5.94. The van der Waals surface area contributed by atoms with E-state index in [0.29, 0.717) is 43.1 Å². The van der Waals surface area contributed by atoms with Gasteiger partial charge in [-0.25, -0.2) is 4.79 Å². The highest BCUT2D eigenvalue weighted by Gasteiger charge is 2.18. The van der Waals surface area contributed by atoms with Gasteiger partial charge in [-0.2, -0.15) is 0 Å². The Kier molecular flexibility index (Phi) is 5.27. The molecule has 1 aliphatic heterocycles. The van der Waals surface area contributed by atoms with E-state index in [1.54, 1.807) is 41.3 Å². The number of para-hydroxylation sites is 1. The summed E-state index contributed by atoms with van der Waals surface area (Å²) in [7, 11) is 0. The number of rotatable bonds is 6. The van der Waals surface area contributed by atoms with Gasteiger partial charge in [-0.3, -0.25) is 4.79 Å². The highest BCUT2D eigenvalue weighted by Crippen LogP contribution is 2.09. The van der Waals surface area contributed by atoms with Crippen LogP contribution in [0.15, 0.2) is 54.6 Å². The number of hydrogen-bond acceptors (Lipinski definition) is 3. The van der Waals surface area contributed by atoms with Crippen LogP contribution in [0.4, 0.5) is 16.2 Å². The Morgan fingerprint density at radius 3 is 2.44 bits per heavy atom. The Labute approximate surface area is 145 Å². The third-order valence-electron chi connectivity index (χ3n) is 4.06. The molecule has 1 aliphatic rings. The zero-order valence-corrected chi connectivity index (χ0v) is 13.7. The van der Waals surface area contributed by atoms with Gasteiger partial charge in [0.15, 0.2) is 0 Å². The van der Waals surface area contributed by atoms with Crippen molar-refractivity contribution in [1.29, 1.82) is 0 Å². The first-order valence-electron chi connectivity index (χ1n) is 8.16. The molecule has 1 atom stereocenters. The molecule has 1 heterocycles. The van der Waals surface area contributed by atoms with Gasteiger partial charge >= 0.3 is 6.03 Å². The zero-order chi connectivity index (χ0) is 17.6. The van der Waals surface area contributed by atoms with Crippen LogP contribution in [0.5, 0.6) is 0 Å². The number of carbonyl (C=O) groups is 2. The molecular weight excluding hydrogens is 320 g/mol. The molecule has 3 amide bonds. The van der Waals surface area contributed by atoms with Crippen molar-refractivity contribution in [2.24, 2.45) is 0 Å². The fourth-order valence-corrected chi connectivity index (χ4v) is 2.66. The lowest BCUT2D eigenvalue weighted by molar-refractivity contribution is -0.698. The van der Waals surface area contributed by atoms with E-state index in [4.69, 9.17) is 0 Å². The molecule has 0 spiro atoms. The summed E-state index contributed by atoms with van der Waals surface area (Å²) in [4.78, 5) is 25.2. The van der Waals surface area contributed by atoms with Crippen LogP contribution in [0.2, 0.25) is 0 Å². The molecule has 2 aromatic rings. The maximum atomic E-state index is 12.3. The van der Waals surface area contributed by atoms with Crippen LogP contribution in [0, 0.1) is 5.21 Å². The van der Waals surface area contributed by atoms with Crippen LogP contribution in [0.1, 0.15) is 10.4 Å². The summed E-state index contributed by atoms with van der Waals surface area (Å²) in [5, 5.41) is 17.8. The van der Waals surface area contributed by atoms with Gasteiger partial charge in [-0.1, -0.05) is 18.2 Å². The second-order valence-electron chi connectivity index (χ2n) is 5.75. The first-order chi connectivity index (χ1) is 12.1. The third kappa shape index (κ3) is 4.14. The van der Waals surface area contributed by atoms with Crippen molar-refractivity contribution >= 4 is 23.3 Å². The number of nitrogens with zero attached hydrogens (tertiary/aromatic N) is 1. The van der Waals surface area contributed by atoms with E-state index in [0.717, 1.165) is 0 Å². The number of urea groups is 1. The first-order valence-corrected chi connectivity index (χ1v) is 8.16. The average molecular weight is 340 g/mol. The molecule has 1 unspecified atom stereocenters. The van der Waals surface area contributed by atoms with E-state index in [9.17, 15) is 14.8 Å². The Hall–Kier alpha value is -2.90. The molecule has 0 radical (unpaired) electrons. The topological polar surface area (TPSA) is 88.9 Å². The van der Waals surface area contributed by atoms with Gasteiger partial charge in [-0.05, 0) is 24.3 Å². The van der Waals surface area contributed by atoms with Crippen LogP contribution in [0.25, 0.3) is 0 Å². The van der Waals surface area contributed by atoms with Crippen LogP contribution in [-0.2, 0) is 0 Å². The summed E-state index contributed by atoms with van der Waals surface area (Å²) in [6.45, 7) is 2.16. The minimum absolute atomic E-state index is 0.0763. The minimum Gasteiger partial charge on any atom is -0.623 e. The first kappa shape index (κ1) is 16.9. The van der Waals surface area contributed by atoms with E-state index < -0.39 is 0 Å². The minimum atomic E-state index is -0.224. The number of carbonyl (C=O) groups excluding carboxylic acids is 2. The number of amides is 3. The number of hydrogen-bond donors (Lipinski definition) is 3. The molecular formula is C18H20N4O3. The lowest BCUT2D eigenvalue weighted by atomic mass is 10.2. The molecule has 7 heteroatoms. The van der Waals surface area contributed by atoms with Gasteiger partial charge in [0.05, 0.1) is 0 Å². The Morgan fingerprint density at radius 1 is 1.12 bits per heavy atom. The summed E-state index contributed by atoms with van der Waals surface area (Å²) < 4.78 is 0. The Balaban J connectivity index is 1.54. The maximum absolute atomic E-state index is 12.3. The van der Waals surface area contributed by atoms with Gasteiger partial charge in [0.1, 0.15) is 11.4 Å². The second-order valence-corrected chi connectivity index (χ2v) is 5.75. The Morgan fingerprint density at radius 2 is 1.80 bits per heavy atom. The van der Waals surface area contributed by atoms with Gasteiger partial charge in [-0.15, -0.1) is 0 Å². The molecule has 25 heavy (non-hydrogen) atoms. The largest absolute Gasteiger partial charge is 0.623 e. The monoisotopic (exact) mass is 340 g/mol. The summed E-state index contributed by atoms with van der Waals surface area (Å²) in [5.74, 6) is -0.224. The smallest absolute Gasteiger partial charge is 0.317 e. The van der Waals surface area contributed by atoms with Crippen molar-refractivity contribution in [3.05, 3.63) is 65.4 Å². The van der Waals surface area contributed by atoms with Gasteiger partial charge in [0.2, 0.25) is 0 Å². The molecule has 1 saturated heterocycles.